The quantitative estimate of drug-likeness (QED) is 0.562. The highest BCUT2D eigenvalue weighted by Gasteiger charge is 2.08. The van der Waals surface area contributed by atoms with Gasteiger partial charge in [-0.25, -0.2) is 4.39 Å². The summed E-state index contributed by atoms with van der Waals surface area (Å²) in [6.07, 6.45) is 0. The van der Waals surface area contributed by atoms with Crippen LogP contribution in [0.1, 0.15) is 5.56 Å². The molecule has 3 rings (SSSR count). The highest BCUT2D eigenvalue weighted by molar-refractivity contribution is 5.95. The van der Waals surface area contributed by atoms with Crippen LogP contribution in [0.3, 0.4) is 0 Å². The fraction of sp³-hybridized carbons (Fsp3) is 0. The average Bonchev–Trinajstić information content (AvgIpc) is 2.97. The second kappa shape index (κ2) is 5.25. The maximum absolute atomic E-state index is 13.2. The average molecular weight is 280 g/mol. The first-order valence-electron chi connectivity index (χ1n) is 6.44. The molecule has 0 spiro atoms. The molecular formula is C17H13FN2O. The number of halogens is 1. The Morgan fingerprint density at radius 2 is 1.57 bits per heavy atom. The lowest BCUT2D eigenvalue weighted by Gasteiger charge is -2.01. The maximum Gasteiger partial charge on any atom is 0.134 e. The van der Waals surface area contributed by atoms with Crippen LogP contribution in [-0.4, -0.2) is 5.84 Å². The molecule has 0 saturated heterocycles. The molecule has 3 N–H and O–H groups in total. The monoisotopic (exact) mass is 280 g/mol. The summed E-state index contributed by atoms with van der Waals surface area (Å²) in [7, 11) is 0. The van der Waals surface area contributed by atoms with Crippen molar-refractivity contribution in [3.8, 4) is 22.6 Å². The van der Waals surface area contributed by atoms with E-state index in [1.807, 2.05) is 24.3 Å². The molecular weight excluding hydrogens is 267 g/mol. The minimum absolute atomic E-state index is 0.0291. The molecule has 0 atom stereocenters. The molecule has 104 valence electrons. The minimum Gasteiger partial charge on any atom is -0.456 e. The van der Waals surface area contributed by atoms with E-state index in [1.165, 1.54) is 12.1 Å². The predicted molar refractivity (Wildman–Crippen MR) is 80.6 cm³/mol. The standard InChI is InChI=1S/C17H13FN2O/c18-14-3-1-2-13(10-14)16-9-8-15(21-16)11-4-6-12(7-5-11)17(19)20/h1-10H,(H3,19,20). The maximum atomic E-state index is 13.2. The van der Waals surface area contributed by atoms with Gasteiger partial charge in [0.25, 0.3) is 0 Å². The van der Waals surface area contributed by atoms with Gasteiger partial charge < -0.3 is 10.2 Å². The number of nitrogens with two attached hydrogens (primary N) is 1. The summed E-state index contributed by atoms with van der Waals surface area (Å²) >= 11 is 0. The molecule has 1 heterocycles. The third-order valence-corrected chi connectivity index (χ3v) is 3.20. The molecule has 0 amide bonds. The predicted octanol–water partition coefficient (Wildman–Crippen LogP) is 4.04. The summed E-state index contributed by atoms with van der Waals surface area (Å²) in [5.74, 6) is 1.03. The van der Waals surface area contributed by atoms with Gasteiger partial charge in [0.2, 0.25) is 0 Å². The van der Waals surface area contributed by atoms with Gasteiger partial charge in [-0.1, -0.05) is 36.4 Å². The van der Waals surface area contributed by atoms with Gasteiger partial charge in [0, 0.05) is 16.7 Å². The van der Waals surface area contributed by atoms with Gasteiger partial charge in [0.1, 0.15) is 23.2 Å². The Morgan fingerprint density at radius 1 is 0.905 bits per heavy atom. The number of rotatable bonds is 3. The van der Waals surface area contributed by atoms with Crippen molar-refractivity contribution in [1.29, 1.82) is 5.41 Å². The first-order chi connectivity index (χ1) is 10.1. The van der Waals surface area contributed by atoms with E-state index in [2.05, 4.69) is 0 Å². The Morgan fingerprint density at radius 3 is 2.19 bits per heavy atom. The van der Waals surface area contributed by atoms with Crippen LogP contribution in [0, 0.1) is 11.2 Å². The topological polar surface area (TPSA) is 63.0 Å². The van der Waals surface area contributed by atoms with Gasteiger partial charge in [-0.05, 0) is 24.3 Å². The lowest BCUT2D eigenvalue weighted by Crippen LogP contribution is -2.10. The van der Waals surface area contributed by atoms with Crippen molar-refractivity contribution >= 4 is 5.84 Å². The lowest BCUT2D eigenvalue weighted by atomic mass is 10.1. The third kappa shape index (κ3) is 2.69. The van der Waals surface area contributed by atoms with E-state index < -0.39 is 0 Å². The second-order valence-corrected chi connectivity index (χ2v) is 4.67. The molecule has 0 bridgehead atoms. The highest BCUT2D eigenvalue weighted by atomic mass is 19.1. The van der Waals surface area contributed by atoms with Crippen LogP contribution in [0.15, 0.2) is 65.1 Å². The second-order valence-electron chi connectivity index (χ2n) is 4.67. The van der Waals surface area contributed by atoms with Crippen LogP contribution < -0.4 is 5.73 Å². The van der Waals surface area contributed by atoms with E-state index in [0.717, 1.165) is 5.56 Å². The molecule has 0 unspecified atom stereocenters. The van der Waals surface area contributed by atoms with Crippen molar-refractivity contribution < 1.29 is 8.81 Å². The largest absolute Gasteiger partial charge is 0.456 e. The fourth-order valence-electron chi connectivity index (χ4n) is 2.10. The van der Waals surface area contributed by atoms with Crippen LogP contribution in [-0.2, 0) is 0 Å². The van der Waals surface area contributed by atoms with Crippen LogP contribution >= 0.6 is 0 Å². The fourth-order valence-corrected chi connectivity index (χ4v) is 2.10. The number of hydrogen-bond acceptors (Lipinski definition) is 2. The van der Waals surface area contributed by atoms with Gasteiger partial charge >= 0.3 is 0 Å². The normalized spacial score (nSPS) is 10.5. The van der Waals surface area contributed by atoms with Gasteiger partial charge in [-0.2, -0.15) is 0 Å². The summed E-state index contributed by atoms with van der Waals surface area (Å²) in [4.78, 5) is 0. The van der Waals surface area contributed by atoms with Crippen molar-refractivity contribution in [2.75, 3.05) is 0 Å². The minimum atomic E-state index is -0.295. The van der Waals surface area contributed by atoms with E-state index in [0.29, 0.717) is 22.6 Å². The summed E-state index contributed by atoms with van der Waals surface area (Å²) in [6.45, 7) is 0. The summed E-state index contributed by atoms with van der Waals surface area (Å²) < 4.78 is 19.0. The van der Waals surface area contributed by atoms with E-state index >= 15 is 0 Å². The Hall–Kier alpha value is -2.88. The summed E-state index contributed by atoms with van der Waals surface area (Å²) in [6, 6.07) is 17.1. The van der Waals surface area contributed by atoms with Crippen LogP contribution in [0.5, 0.6) is 0 Å². The first kappa shape index (κ1) is 13.1. The molecule has 21 heavy (non-hydrogen) atoms. The Kier molecular flexibility index (Phi) is 3.28. The molecule has 0 fully saturated rings. The van der Waals surface area contributed by atoms with Crippen molar-refractivity contribution in [2.45, 2.75) is 0 Å². The van der Waals surface area contributed by atoms with Crippen molar-refractivity contribution in [3.63, 3.8) is 0 Å². The van der Waals surface area contributed by atoms with E-state index in [-0.39, 0.29) is 11.7 Å². The van der Waals surface area contributed by atoms with E-state index in [9.17, 15) is 4.39 Å². The zero-order chi connectivity index (χ0) is 14.8. The number of nitrogen functional groups attached to an aromatic ring is 1. The number of nitrogens with one attached hydrogen (secondary N) is 1. The van der Waals surface area contributed by atoms with Crippen molar-refractivity contribution in [2.24, 2.45) is 5.73 Å². The number of benzene rings is 2. The highest BCUT2D eigenvalue weighted by Crippen LogP contribution is 2.28. The van der Waals surface area contributed by atoms with Gasteiger partial charge in [-0.15, -0.1) is 0 Å². The lowest BCUT2D eigenvalue weighted by molar-refractivity contribution is 0.594. The summed E-state index contributed by atoms with van der Waals surface area (Å²) in [5.41, 5.74) is 7.66. The van der Waals surface area contributed by atoms with Gasteiger partial charge in [0.15, 0.2) is 0 Å². The molecule has 0 aliphatic heterocycles. The van der Waals surface area contributed by atoms with Gasteiger partial charge in [0.05, 0.1) is 0 Å². The Balaban J connectivity index is 1.93. The summed E-state index contributed by atoms with van der Waals surface area (Å²) in [5, 5.41) is 7.37. The molecule has 2 aromatic carbocycles. The Bertz CT molecular complexity index is 791. The number of amidine groups is 1. The molecule has 0 radical (unpaired) electrons. The molecule has 0 aliphatic rings. The zero-order valence-corrected chi connectivity index (χ0v) is 11.1. The van der Waals surface area contributed by atoms with Gasteiger partial charge in [-0.3, -0.25) is 5.41 Å². The molecule has 1 aromatic heterocycles. The molecule has 0 saturated carbocycles. The van der Waals surface area contributed by atoms with Crippen molar-refractivity contribution in [1.82, 2.24) is 0 Å². The smallest absolute Gasteiger partial charge is 0.134 e. The first-order valence-corrected chi connectivity index (χ1v) is 6.44. The molecule has 3 nitrogen and oxygen atoms in total. The molecule has 4 heteroatoms. The molecule has 3 aromatic rings. The van der Waals surface area contributed by atoms with E-state index in [4.69, 9.17) is 15.6 Å². The van der Waals surface area contributed by atoms with Crippen LogP contribution in [0.4, 0.5) is 4.39 Å². The van der Waals surface area contributed by atoms with Crippen molar-refractivity contribution in [3.05, 3.63) is 72.0 Å². The number of hydrogen-bond donors (Lipinski definition) is 2. The van der Waals surface area contributed by atoms with Crippen LogP contribution in [0.25, 0.3) is 22.6 Å². The SMILES string of the molecule is N=C(N)c1ccc(-c2ccc(-c3cccc(F)c3)o2)cc1. The third-order valence-electron chi connectivity index (χ3n) is 3.20. The number of furan rings is 1. The van der Waals surface area contributed by atoms with Crippen LogP contribution in [0.2, 0.25) is 0 Å². The van der Waals surface area contributed by atoms with E-state index in [1.54, 1.807) is 24.3 Å². The Labute approximate surface area is 121 Å². The molecule has 0 aliphatic carbocycles. The zero-order valence-electron chi connectivity index (χ0n) is 11.1.